The van der Waals surface area contributed by atoms with E-state index < -0.39 is 6.10 Å². The van der Waals surface area contributed by atoms with Crippen molar-refractivity contribution < 1.29 is 5.11 Å². The van der Waals surface area contributed by atoms with E-state index in [9.17, 15) is 5.11 Å². The van der Waals surface area contributed by atoms with E-state index in [0.29, 0.717) is 6.42 Å². The van der Waals surface area contributed by atoms with Crippen LogP contribution >= 0.6 is 0 Å². The van der Waals surface area contributed by atoms with Crippen molar-refractivity contribution in [1.29, 1.82) is 0 Å². The summed E-state index contributed by atoms with van der Waals surface area (Å²) in [6, 6.07) is 41.6. The highest BCUT2D eigenvalue weighted by Crippen LogP contribution is 2.22. The molecule has 0 fully saturated rings. The van der Waals surface area contributed by atoms with Gasteiger partial charge in [-0.05, 0) is 41.5 Å². The lowest BCUT2D eigenvalue weighted by molar-refractivity contribution is 0.0301. The van der Waals surface area contributed by atoms with Crippen molar-refractivity contribution >= 4 is 0 Å². The van der Waals surface area contributed by atoms with E-state index in [0.717, 1.165) is 25.9 Å². The Morgan fingerprint density at radius 2 is 0.914 bits per heavy atom. The van der Waals surface area contributed by atoms with Crippen LogP contribution in [0.4, 0.5) is 0 Å². The Bertz CT molecular complexity index is 1060. The SMILES string of the molecule is NC(Cc1ccccc1)C[C@H](O)[C@H](Cc1ccccc1)N(Cc1ccccc1)Cc1ccccc1. The molecule has 180 valence electrons. The molecule has 0 aromatic heterocycles. The van der Waals surface area contributed by atoms with E-state index in [1.807, 2.05) is 36.4 Å². The smallest absolute Gasteiger partial charge is 0.0713 e. The summed E-state index contributed by atoms with van der Waals surface area (Å²) in [5.74, 6) is 0. The maximum Gasteiger partial charge on any atom is 0.0713 e. The van der Waals surface area contributed by atoms with Gasteiger partial charge in [0, 0.05) is 25.2 Å². The fourth-order valence-electron chi connectivity index (χ4n) is 4.76. The van der Waals surface area contributed by atoms with Gasteiger partial charge in [-0.3, -0.25) is 4.90 Å². The molecule has 0 heterocycles. The second-order valence-corrected chi connectivity index (χ2v) is 9.39. The second-order valence-electron chi connectivity index (χ2n) is 9.39. The third kappa shape index (κ3) is 7.90. The highest BCUT2D eigenvalue weighted by Gasteiger charge is 2.28. The van der Waals surface area contributed by atoms with Gasteiger partial charge in [-0.2, -0.15) is 0 Å². The normalized spacial score (nSPS) is 13.9. The van der Waals surface area contributed by atoms with E-state index in [1.165, 1.54) is 22.3 Å². The Balaban J connectivity index is 1.58. The van der Waals surface area contributed by atoms with E-state index >= 15 is 0 Å². The van der Waals surface area contributed by atoms with Gasteiger partial charge in [-0.1, -0.05) is 121 Å². The van der Waals surface area contributed by atoms with Crippen LogP contribution in [-0.2, 0) is 25.9 Å². The average molecular weight is 465 g/mol. The highest BCUT2D eigenvalue weighted by atomic mass is 16.3. The van der Waals surface area contributed by atoms with Crippen LogP contribution in [0.2, 0.25) is 0 Å². The molecule has 4 aromatic rings. The summed E-state index contributed by atoms with van der Waals surface area (Å²) in [7, 11) is 0. The molecule has 1 unspecified atom stereocenters. The summed E-state index contributed by atoms with van der Waals surface area (Å²) in [6.45, 7) is 1.52. The molecule has 0 aliphatic rings. The van der Waals surface area contributed by atoms with Crippen LogP contribution in [-0.4, -0.2) is 28.2 Å². The summed E-state index contributed by atoms with van der Waals surface area (Å²) in [5, 5.41) is 11.6. The summed E-state index contributed by atoms with van der Waals surface area (Å²) in [4.78, 5) is 2.41. The molecular formula is C32H36N2O. The van der Waals surface area contributed by atoms with Crippen molar-refractivity contribution in [2.24, 2.45) is 5.73 Å². The van der Waals surface area contributed by atoms with Gasteiger partial charge in [0.2, 0.25) is 0 Å². The number of nitrogens with two attached hydrogens (primary N) is 1. The Morgan fingerprint density at radius 3 is 1.34 bits per heavy atom. The molecular weight excluding hydrogens is 428 g/mol. The Morgan fingerprint density at radius 1 is 0.543 bits per heavy atom. The Hall–Kier alpha value is -3.24. The molecule has 3 N–H and O–H groups in total. The molecule has 0 aliphatic carbocycles. The van der Waals surface area contributed by atoms with E-state index in [4.69, 9.17) is 5.73 Å². The standard InChI is InChI=1S/C32H36N2O/c33-30(21-26-13-5-1-6-14-26)23-32(35)31(22-27-15-7-2-8-16-27)34(24-28-17-9-3-10-18-28)25-29-19-11-4-12-20-29/h1-20,30-32,35H,21-25,33H2/t30?,31-,32-/m0/s1. The van der Waals surface area contributed by atoms with Gasteiger partial charge in [-0.15, -0.1) is 0 Å². The number of nitrogens with zero attached hydrogens (tertiary/aromatic N) is 1. The average Bonchev–Trinajstić information content (AvgIpc) is 2.89. The second kappa shape index (κ2) is 13.0. The number of aliphatic hydroxyl groups excluding tert-OH is 1. The molecule has 4 aromatic carbocycles. The Kier molecular flexibility index (Phi) is 9.24. The minimum absolute atomic E-state index is 0.0698. The van der Waals surface area contributed by atoms with Crippen molar-refractivity contribution in [3.05, 3.63) is 144 Å². The van der Waals surface area contributed by atoms with Crippen molar-refractivity contribution in [2.75, 3.05) is 0 Å². The fraction of sp³-hybridized carbons (Fsp3) is 0.250. The summed E-state index contributed by atoms with van der Waals surface area (Å²) < 4.78 is 0. The highest BCUT2D eigenvalue weighted by molar-refractivity contribution is 5.20. The molecule has 0 radical (unpaired) electrons. The van der Waals surface area contributed by atoms with Crippen molar-refractivity contribution in [3.8, 4) is 0 Å². The van der Waals surface area contributed by atoms with Crippen molar-refractivity contribution in [2.45, 2.75) is 50.5 Å². The van der Waals surface area contributed by atoms with Crippen molar-refractivity contribution in [1.82, 2.24) is 4.90 Å². The van der Waals surface area contributed by atoms with E-state index in [-0.39, 0.29) is 12.1 Å². The summed E-state index contributed by atoms with van der Waals surface area (Å²) >= 11 is 0. The van der Waals surface area contributed by atoms with Crippen LogP contribution < -0.4 is 5.73 Å². The van der Waals surface area contributed by atoms with Crippen LogP contribution in [0.1, 0.15) is 28.7 Å². The zero-order chi connectivity index (χ0) is 24.3. The van der Waals surface area contributed by atoms with Crippen LogP contribution in [0.15, 0.2) is 121 Å². The number of hydrogen-bond donors (Lipinski definition) is 2. The molecule has 0 bridgehead atoms. The minimum atomic E-state index is -0.554. The van der Waals surface area contributed by atoms with Crippen LogP contribution in [0, 0.1) is 0 Å². The first-order valence-electron chi connectivity index (χ1n) is 12.5. The molecule has 0 amide bonds. The zero-order valence-electron chi connectivity index (χ0n) is 20.3. The first kappa shape index (κ1) is 24.9. The molecule has 35 heavy (non-hydrogen) atoms. The monoisotopic (exact) mass is 464 g/mol. The number of aliphatic hydroxyl groups is 1. The molecule has 0 saturated carbocycles. The molecule has 4 rings (SSSR count). The lowest BCUT2D eigenvalue weighted by Crippen LogP contribution is -2.46. The van der Waals surface area contributed by atoms with Gasteiger partial charge in [0.05, 0.1) is 6.10 Å². The van der Waals surface area contributed by atoms with Gasteiger partial charge in [0.25, 0.3) is 0 Å². The van der Waals surface area contributed by atoms with Gasteiger partial charge < -0.3 is 10.8 Å². The summed E-state index contributed by atoms with van der Waals surface area (Å²) in [6.07, 6.45) is 1.51. The first-order chi connectivity index (χ1) is 17.2. The van der Waals surface area contributed by atoms with Crippen LogP contribution in [0.5, 0.6) is 0 Å². The maximum absolute atomic E-state index is 11.6. The third-order valence-corrected chi connectivity index (χ3v) is 6.54. The van der Waals surface area contributed by atoms with Crippen molar-refractivity contribution in [3.63, 3.8) is 0 Å². The number of rotatable bonds is 12. The van der Waals surface area contributed by atoms with Crippen LogP contribution in [0.3, 0.4) is 0 Å². The fourth-order valence-corrected chi connectivity index (χ4v) is 4.76. The van der Waals surface area contributed by atoms with Gasteiger partial charge >= 0.3 is 0 Å². The maximum atomic E-state index is 11.6. The molecule has 0 aliphatic heterocycles. The minimum Gasteiger partial charge on any atom is -0.391 e. The van der Waals surface area contributed by atoms with Gasteiger partial charge in [0.1, 0.15) is 0 Å². The van der Waals surface area contributed by atoms with Gasteiger partial charge in [-0.25, -0.2) is 0 Å². The topological polar surface area (TPSA) is 49.5 Å². The van der Waals surface area contributed by atoms with Gasteiger partial charge in [0.15, 0.2) is 0 Å². The lowest BCUT2D eigenvalue weighted by Gasteiger charge is -2.36. The molecule has 3 heteroatoms. The predicted molar refractivity (Wildman–Crippen MR) is 145 cm³/mol. The predicted octanol–water partition coefficient (Wildman–Crippen LogP) is 5.62. The van der Waals surface area contributed by atoms with E-state index in [1.54, 1.807) is 0 Å². The van der Waals surface area contributed by atoms with E-state index in [2.05, 4.69) is 89.8 Å². The lowest BCUT2D eigenvalue weighted by atomic mass is 9.92. The number of benzene rings is 4. The first-order valence-corrected chi connectivity index (χ1v) is 12.5. The summed E-state index contributed by atoms with van der Waals surface area (Å²) in [5.41, 5.74) is 11.5. The quantitative estimate of drug-likeness (QED) is 0.286. The zero-order valence-corrected chi connectivity index (χ0v) is 20.3. The van der Waals surface area contributed by atoms with Crippen LogP contribution in [0.25, 0.3) is 0 Å². The third-order valence-electron chi connectivity index (χ3n) is 6.54. The molecule has 3 nitrogen and oxygen atoms in total. The largest absolute Gasteiger partial charge is 0.391 e. The molecule has 0 spiro atoms. The number of hydrogen-bond acceptors (Lipinski definition) is 3. The Labute approximate surface area is 209 Å². The molecule has 0 saturated heterocycles. The molecule has 3 atom stereocenters.